The van der Waals surface area contributed by atoms with Crippen LogP contribution in [0.3, 0.4) is 0 Å². The lowest BCUT2D eigenvalue weighted by molar-refractivity contribution is -0.139. The topological polar surface area (TPSA) is 64.3 Å². The summed E-state index contributed by atoms with van der Waals surface area (Å²) < 4.78 is 44.2. The van der Waals surface area contributed by atoms with E-state index in [9.17, 15) is 18.0 Å². The summed E-state index contributed by atoms with van der Waals surface area (Å²) in [5.74, 6) is -0.730. The van der Waals surface area contributed by atoms with Crippen LogP contribution in [0.1, 0.15) is 24.8 Å². The largest absolute Gasteiger partial charge is 0.490 e. The van der Waals surface area contributed by atoms with E-state index < -0.39 is 29.3 Å². The van der Waals surface area contributed by atoms with Crippen molar-refractivity contribution >= 4 is 5.91 Å². The van der Waals surface area contributed by atoms with Crippen molar-refractivity contribution in [2.75, 3.05) is 7.05 Å². The van der Waals surface area contributed by atoms with Gasteiger partial charge in [0, 0.05) is 6.42 Å². The first-order valence-electron chi connectivity index (χ1n) is 6.60. The van der Waals surface area contributed by atoms with E-state index in [1.807, 2.05) is 0 Å². The molecule has 1 saturated carbocycles. The fourth-order valence-corrected chi connectivity index (χ4v) is 2.66. The second kappa shape index (κ2) is 5.55. The summed E-state index contributed by atoms with van der Waals surface area (Å²) in [5.41, 5.74) is 3.64. The smallest absolute Gasteiger partial charge is 0.419 e. The minimum atomic E-state index is -4.47. The molecule has 21 heavy (non-hydrogen) atoms. The summed E-state index contributed by atoms with van der Waals surface area (Å²) in [5, 5.41) is 2.86. The van der Waals surface area contributed by atoms with Crippen molar-refractivity contribution in [3.8, 4) is 5.75 Å². The van der Waals surface area contributed by atoms with E-state index in [0.717, 1.165) is 6.07 Å². The molecule has 1 aromatic carbocycles. The maximum atomic E-state index is 12.9. The minimum Gasteiger partial charge on any atom is -0.490 e. The van der Waals surface area contributed by atoms with E-state index in [0.29, 0.717) is 12.8 Å². The Hall–Kier alpha value is -1.76. The van der Waals surface area contributed by atoms with Gasteiger partial charge in [-0.25, -0.2) is 0 Å². The number of likely N-dealkylation sites (N-methyl/N-ethyl adjacent to an activating group) is 1. The lowest BCUT2D eigenvalue weighted by Crippen LogP contribution is -2.52. The molecule has 2 unspecified atom stereocenters. The van der Waals surface area contributed by atoms with Crippen LogP contribution in [-0.4, -0.2) is 24.6 Å². The first-order chi connectivity index (χ1) is 9.78. The van der Waals surface area contributed by atoms with E-state index in [2.05, 4.69) is 5.32 Å². The molecule has 0 aliphatic heterocycles. The predicted molar refractivity (Wildman–Crippen MR) is 70.7 cm³/mol. The molecule has 4 nitrogen and oxygen atoms in total. The zero-order chi connectivity index (χ0) is 15.7. The maximum absolute atomic E-state index is 12.9. The number of hydrogen-bond acceptors (Lipinski definition) is 3. The Bertz CT molecular complexity index is 533. The zero-order valence-corrected chi connectivity index (χ0v) is 11.5. The van der Waals surface area contributed by atoms with Crippen molar-refractivity contribution in [2.24, 2.45) is 5.73 Å². The Labute approximate surface area is 120 Å². The van der Waals surface area contributed by atoms with Crippen molar-refractivity contribution in [1.82, 2.24) is 5.32 Å². The molecule has 1 fully saturated rings. The molecule has 0 spiro atoms. The molecule has 1 amide bonds. The molecule has 2 rings (SSSR count). The van der Waals surface area contributed by atoms with E-state index in [-0.39, 0.29) is 12.2 Å². The van der Waals surface area contributed by atoms with Crippen LogP contribution in [0, 0.1) is 0 Å². The minimum absolute atomic E-state index is 0.216. The third kappa shape index (κ3) is 3.12. The second-order valence-electron chi connectivity index (χ2n) is 5.17. The summed E-state index contributed by atoms with van der Waals surface area (Å²) in [6.07, 6.45) is -3.79. The van der Waals surface area contributed by atoms with E-state index in [4.69, 9.17) is 10.5 Å². The molecule has 1 aliphatic rings. The van der Waals surface area contributed by atoms with Gasteiger partial charge in [0.25, 0.3) is 0 Å². The van der Waals surface area contributed by atoms with Crippen molar-refractivity contribution < 1.29 is 22.7 Å². The van der Waals surface area contributed by atoms with Crippen molar-refractivity contribution in [2.45, 2.75) is 37.1 Å². The first kappa shape index (κ1) is 15.6. The summed E-state index contributed by atoms with van der Waals surface area (Å²) in [4.78, 5) is 11.5. The maximum Gasteiger partial charge on any atom is 0.419 e. The van der Waals surface area contributed by atoms with Gasteiger partial charge in [0.2, 0.25) is 5.91 Å². The Morgan fingerprint density at radius 1 is 1.43 bits per heavy atom. The molecule has 7 heteroatoms. The van der Waals surface area contributed by atoms with E-state index in [1.165, 1.54) is 18.2 Å². The molecule has 1 aliphatic carbocycles. The van der Waals surface area contributed by atoms with Gasteiger partial charge in [0.05, 0.1) is 5.56 Å². The van der Waals surface area contributed by atoms with Gasteiger partial charge in [0.15, 0.2) is 0 Å². The van der Waals surface area contributed by atoms with Crippen LogP contribution in [0.25, 0.3) is 0 Å². The number of alkyl halides is 3. The number of nitrogens with two attached hydrogens (primary N) is 1. The number of hydrogen-bond donors (Lipinski definition) is 2. The standard InChI is InChI=1S/C14H17F3N2O2/c1-19-13(12(18)20)7-6-9(8-13)21-11-5-3-2-4-10(11)14(15,16)17/h2-5,9,19H,6-8H2,1H3,(H2,18,20). The van der Waals surface area contributed by atoms with Gasteiger partial charge in [0.1, 0.15) is 17.4 Å². The highest BCUT2D eigenvalue weighted by atomic mass is 19.4. The van der Waals surface area contributed by atoms with Crippen LogP contribution in [0.2, 0.25) is 0 Å². The molecular weight excluding hydrogens is 285 g/mol. The highest BCUT2D eigenvalue weighted by Crippen LogP contribution is 2.39. The van der Waals surface area contributed by atoms with Gasteiger partial charge in [-0.2, -0.15) is 13.2 Å². The average Bonchev–Trinajstić information content (AvgIpc) is 2.83. The lowest BCUT2D eigenvalue weighted by atomic mass is 9.97. The van der Waals surface area contributed by atoms with Gasteiger partial charge in [-0.1, -0.05) is 12.1 Å². The molecule has 0 aromatic heterocycles. The summed E-state index contributed by atoms with van der Waals surface area (Å²) in [7, 11) is 1.61. The van der Waals surface area contributed by atoms with Crippen LogP contribution in [0.15, 0.2) is 24.3 Å². The Balaban J connectivity index is 2.16. The number of carbonyl (C=O) groups is 1. The van der Waals surface area contributed by atoms with Gasteiger partial charge in [-0.05, 0) is 32.0 Å². The highest BCUT2D eigenvalue weighted by Gasteiger charge is 2.44. The van der Waals surface area contributed by atoms with Gasteiger partial charge in [-0.15, -0.1) is 0 Å². The van der Waals surface area contributed by atoms with Crippen LogP contribution < -0.4 is 15.8 Å². The third-order valence-corrected chi connectivity index (χ3v) is 3.91. The number of primary amides is 1. The first-order valence-corrected chi connectivity index (χ1v) is 6.60. The summed E-state index contributed by atoms with van der Waals surface area (Å²) in [6.45, 7) is 0. The van der Waals surface area contributed by atoms with E-state index >= 15 is 0 Å². The zero-order valence-electron chi connectivity index (χ0n) is 11.5. The molecule has 3 N–H and O–H groups in total. The van der Waals surface area contributed by atoms with Crippen LogP contribution in [0.4, 0.5) is 13.2 Å². The highest BCUT2D eigenvalue weighted by molar-refractivity contribution is 5.85. The van der Waals surface area contributed by atoms with Gasteiger partial charge < -0.3 is 15.8 Å². The van der Waals surface area contributed by atoms with E-state index in [1.54, 1.807) is 7.05 Å². The van der Waals surface area contributed by atoms with Gasteiger partial charge >= 0.3 is 6.18 Å². The molecule has 116 valence electrons. The number of halogens is 3. The number of ether oxygens (including phenoxy) is 1. The number of nitrogens with one attached hydrogen (secondary N) is 1. The van der Waals surface area contributed by atoms with Crippen molar-refractivity contribution in [3.63, 3.8) is 0 Å². The number of benzene rings is 1. The number of rotatable bonds is 4. The second-order valence-corrected chi connectivity index (χ2v) is 5.17. The Kier molecular flexibility index (Phi) is 4.13. The molecule has 0 heterocycles. The fourth-order valence-electron chi connectivity index (χ4n) is 2.66. The molecule has 2 atom stereocenters. The Morgan fingerprint density at radius 3 is 2.62 bits per heavy atom. The van der Waals surface area contributed by atoms with Crippen molar-refractivity contribution in [1.29, 1.82) is 0 Å². The van der Waals surface area contributed by atoms with Crippen LogP contribution in [-0.2, 0) is 11.0 Å². The van der Waals surface area contributed by atoms with Crippen LogP contribution in [0.5, 0.6) is 5.75 Å². The molecule has 0 saturated heterocycles. The number of amides is 1. The molecule has 0 radical (unpaired) electrons. The molecule has 0 bridgehead atoms. The lowest BCUT2D eigenvalue weighted by Gasteiger charge is -2.25. The quantitative estimate of drug-likeness (QED) is 0.895. The SMILES string of the molecule is CNC1(C(N)=O)CCC(Oc2ccccc2C(F)(F)F)C1. The van der Waals surface area contributed by atoms with Crippen molar-refractivity contribution in [3.05, 3.63) is 29.8 Å². The molecular formula is C14H17F3N2O2. The number of para-hydroxylation sites is 1. The van der Waals surface area contributed by atoms with Gasteiger partial charge in [-0.3, -0.25) is 4.79 Å². The molecule has 1 aromatic rings. The number of carbonyl (C=O) groups excluding carboxylic acids is 1. The summed E-state index contributed by atoms with van der Waals surface area (Å²) >= 11 is 0. The summed E-state index contributed by atoms with van der Waals surface area (Å²) in [6, 6.07) is 5.06. The third-order valence-electron chi connectivity index (χ3n) is 3.91. The van der Waals surface area contributed by atoms with Crippen LogP contribution >= 0.6 is 0 Å². The fraction of sp³-hybridized carbons (Fsp3) is 0.500. The normalized spacial score (nSPS) is 25.8. The monoisotopic (exact) mass is 302 g/mol. The average molecular weight is 302 g/mol. The predicted octanol–water partition coefficient (Wildman–Crippen LogP) is 2.08. The Morgan fingerprint density at radius 2 is 2.10 bits per heavy atom.